The van der Waals surface area contributed by atoms with Crippen molar-refractivity contribution in [1.82, 2.24) is 4.90 Å². The van der Waals surface area contributed by atoms with Gasteiger partial charge in [-0.15, -0.1) is 0 Å². The zero-order chi connectivity index (χ0) is 12.4. The van der Waals surface area contributed by atoms with E-state index >= 15 is 0 Å². The van der Waals surface area contributed by atoms with Crippen LogP contribution in [-0.2, 0) is 6.54 Å². The standard InChI is InChI=1S/C13H20ClN3/c1-16(2)10-6-7-17(9-10)13-5-3-4-12(14)11(13)8-15/h3-5,10H,6-9,15H2,1-2H3. The van der Waals surface area contributed by atoms with Crippen molar-refractivity contribution in [2.24, 2.45) is 5.73 Å². The zero-order valence-electron chi connectivity index (χ0n) is 10.5. The van der Waals surface area contributed by atoms with Gasteiger partial charge in [-0.3, -0.25) is 0 Å². The van der Waals surface area contributed by atoms with E-state index in [1.807, 2.05) is 12.1 Å². The molecule has 3 nitrogen and oxygen atoms in total. The second kappa shape index (κ2) is 5.25. The minimum atomic E-state index is 0.498. The molecule has 1 heterocycles. The van der Waals surface area contributed by atoms with Gasteiger partial charge >= 0.3 is 0 Å². The third-order valence-corrected chi connectivity index (χ3v) is 3.89. The van der Waals surface area contributed by atoms with Gasteiger partial charge in [0.05, 0.1) is 0 Å². The number of anilines is 1. The van der Waals surface area contributed by atoms with Crippen LogP contribution in [0.2, 0.25) is 5.02 Å². The Morgan fingerprint density at radius 1 is 1.47 bits per heavy atom. The number of nitrogens with two attached hydrogens (primary N) is 1. The molecule has 1 aliphatic heterocycles. The molecule has 1 aromatic rings. The van der Waals surface area contributed by atoms with Crippen LogP contribution in [0.15, 0.2) is 18.2 Å². The molecule has 0 aliphatic carbocycles. The van der Waals surface area contributed by atoms with Crippen LogP contribution in [0.3, 0.4) is 0 Å². The molecular formula is C13H20ClN3. The van der Waals surface area contributed by atoms with Crippen molar-refractivity contribution in [3.63, 3.8) is 0 Å². The topological polar surface area (TPSA) is 32.5 Å². The summed E-state index contributed by atoms with van der Waals surface area (Å²) in [6.07, 6.45) is 1.20. The normalized spacial score (nSPS) is 20.3. The van der Waals surface area contributed by atoms with Gasteiger partial charge < -0.3 is 15.5 Å². The molecule has 0 spiro atoms. The SMILES string of the molecule is CN(C)C1CCN(c2cccc(Cl)c2CN)C1. The predicted octanol–water partition coefficient (Wildman–Crippen LogP) is 1.94. The number of halogens is 1. The first-order chi connectivity index (χ1) is 8.13. The quantitative estimate of drug-likeness (QED) is 0.894. The van der Waals surface area contributed by atoms with Crippen molar-refractivity contribution in [2.45, 2.75) is 19.0 Å². The lowest BCUT2D eigenvalue weighted by Crippen LogP contribution is -2.31. The number of nitrogens with zero attached hydrogens (tertiary/aromatic N) is 2. The highest BCUT2D eigenvalue weighted by atomic mass is 35.5. The predicted molar refractivity (Wildman–Crippen MR) is 73.6 cm³/mol. The molecule has 4 heteroatoms. The molecule has 0 aromatic heterocycles. The third-order valence-electron chi connectivity index (χ3n) is 3.53. The average molecular weight is 254 g/mol. The Balaban J connectivity index is 2.21. The summed E-state index contributed by atoms with van der Waals surface area (Å²) in [6, 6.07) is 6.65. The van der Waals surface area contributed by atoms with Crippen LogP contribution in [0.4, 0.5) is 5.69 Å². The Kier molecular flexibility index (Phi) is 3.92. The minimum absolute atomic E-state index is 0.498. The molecule has 94 valence electrons. The van der Waals surface area contributed by atoms with Gasteiger partial charge in [0, 0.05) is 41.9 Å². The lowest BCUT2D eigenvalue weighted by atomic mass is 10.1. The molecular weight excluding hydrogens is 234 g/mol. The molecule has 0 saturated carbocycles. The number of benzene rings is 1. The van der Waals surface area contributed by atoms with E-state index in [1.54, 1.807) is 0 Å². The van der Waals surface area contributed by atoms with Gasteiger partial charge in [0.1, 0.15) is 0 Å². The van der Waals surface area contributed by atoms with E-state index in [9.17, 15) is 0 Å². The van der Waals surface area contributed by atoms with E-state index < -0.39 is 0 Å². The molecule has 2 rings (SSSR count). The molecule has 1 aliphatic rings. The molecule has 0 amide bonds. The fourth-order valence-corrected chi connectivity index (χ4v) is 2.67. The van der Waals surface area contributed by atoms with Crippen LogP contribution in [-0.4, -0.2) is 38.1 Å². The highest BCUT2D eigenvalue weighted by Crippen LogP contribution is 2.30. The fraction of sp³-hybridized carbons (Fsp3) is 0.538. The highest BCUT2D eigenvalue weighted by Gasteiger charge is 2.25. The largest absolute Gasteiger partial charge is 0.370 e. The molecule has 1 atom stereocenters. The molecule has 0 bridgehead atoms. The summed E-state index contributed by atoms with van der Waals surface area (Å²) < 4.78 is 0. The molecule has 1 fully saturated rings. The van der Waals surface area contributed by atoms with Crippen molar-refractivity contribution in [2.75, 3.05) is 32.1 Å². The number of likely N-dealkylation sites (N-methyl/N-ethyl adjacent to an activating group) is 1. The van der Waals surface area contributed by atoms with E-state index in [4.69, 9.17) is 17.3 Å². The van der Waals surface area contributed by atoms with Gasteiger partial charge in [0.15, 0.2) is 0 Å². The molecule has 1 aromatic carbocycles. The van der Waals surface area contributed by atoms with Crippen molar-refractivity contribution in [3.8, 4) is 0 Å². The monoisotopic (exact) mass is 253 g/mol. The zero-order valence-corrected chi connectivity index (χ0v) is 11.2. The van der Waals surface area contributed by atoms with Crippen molar-refractivity contribution in [1.29, 1.82) is 0 Å². The van der Waals surface area contributed by atoms with Crippen molar-refractivity contribution < 1.29 is 0 Å². The van der Waals surface area contributed by atoms with Crippen molar-refractivity contribution in [3.05, 3.63) is 28.8 Å². The average Bonchev–Trinajstić information content (AvgIpc) is 2.77. The summed E-state index contributed by atoms with van der Waals surface area (Å²) in [5.41, 5.74) is 8.05. The highest BCUT2D eigenvalue weighted by molar-refractivity contribution is 6.31. The number of hydrogen-bond acceptors (Lipinski definition) is 3. The molecule has 2 N–H and O–H groups in total. The molecule has 0 radical (unpaired) electrons. The first kappa shape index (κ1) is 12.7. The van der Waals surface area contributed by atoms with Crippen LogP contribution in [0.5, 0.6) is 0 Å². The van der Waals surface area contributed by atoms with E-state index in [0.29, 0.717) is 12.6 Å². The summed E-state index contributed by atoms with van der Waals surface area (Å²) in [6.45, 7) is 2.63. The summed E-state index contributed by atoms with van der Waals surface area (Å²) >= 11 is 6.19. The van der Waals surface area contributed by atoms with Gasteiger partial charge in [-0.25, -0.2) is 0 Å². The smallest absolute Gasteiger partial charge is 0.0471 e. The first-order valence-electron chi connectivity index (χ1n) is 6.02. The molecule has 17 heavy (non-hydrogen) atoms. The maximum absolute atomic E-state index is 6.19. The van der Waals surface area contributed by atoms with Gasteiger partial charge in [-0.2, -0.15) is 0 Å². The van der Waals surface area contributed by atoms with Gasteiger partial charge in [0.2, 0.25) is 0 Å². The summed E-state index contributed by atoms with van der Waals surface area (Å²) in [5, 5.41) is 0.776. The van der Waals surface area contributed by atoms with Crippen LogP contribution in [0, 0.1) is 0 Å². The third kappa shape index (κ3) is 2.57. The van der Waals surface area contributed by atoms with Crippen LogP contribution < -0.4 is 10.6 Å². The summed E-state index contributed by atoms with van der Waals surface area (Å²) in [4.78, 5) is 4.67. The first-order valence-corrected chi connectivity index (χ1v) is 6.40. The second-order valence-electron chi connectivity index (χ2n) is 4.79. The van der Waals surface area contributed by atoms with Crippen LogP contribution in [0.25, 0.3) is 0 Å². The maximum Gasteiger partial charge on any atom is 0.0471 e. The Morgan fingerprint density at radius 2 is 2.24 bits per heavy atom. The lowest BCUT2D eigenvalue weighted by molar-refractivity contribution is 0.315. The Morgan fingerprint density at radius 3 is 2.82 bits per heavy atom. The van der Waals surface area contributed by atoms with Gasteiger partial charge in [-0.1, -0.05) is 17.7 Å². The summed E-state index contributed by atoms with van der Waals surface area (Å²) in [7, 11) is 4.27. The minimum Gasteiger partial charge on any atom is -0.370 e. The van der Waals surface area contributed by atoms with Gasteiger partial charge in [0.25, 0.3) is 0 Å². The Labute approximate surface area is 108 Å². The maximum atomic E-state index is 6.19. The number of hydrogen-bond donors (Lipinski definition) is 1. The van der Waals surface area contributed by atoms with E-state index in [1.165, 1.54) is 12.1 Å². The molecule has 1 unspecified atom stereocenters. The molecule has 1 saturated heterocycles. The van der Waals surface area contributed by atoms with Crippen LogP contribution in [0.1, 0.15) is 12.0 Å². The lowest BCUT2D eigenvalue weighted by Gasteiger charge is -2.24. The Hall–Kier alpha value is -0.770. The number of rotatable bonds is 3. The Bertz CT molecular complexity index is 392. The van der Waals surface area contributed by atoms with Crippen molar-refractivity contribution >= 4 is 17.3 Å². The second-order valence-corrected chi connectivity index (χ2v) is 5.20. The summed E-state index contributed by atoms with van der Waals surface area (Å²) in [5.74, 6) is 0. The van der Waals surface area contributed by atoms with E-state index in [0.717, 1.165) is 23.7 Å². The van der Waals surface area contributed by atoms with Gasteiger partial charge in [-0.05, 0) is 32.6 Å². The fourth-order valence-electron chi connectivity index (χ4n) is 2.43. The van der Waals surface area contributed by atoms with E-state index in [-0.39, 0.29) is 0 Å². The van der Waals surface area contributed by atoms with Crippen LogP contribution >= 0.6 is 11.6 Å². The van der Waals surface area contributed by atoms with E-state index in [2.05, 4.69) is 30.0 Å².